The summed E-state index contributed by atoms with van der Waals surface area (Å²) in [7, 11) is 1.95. The fourth-order valence-corrected chi connectivity index (χ4v) is 3.45. The highest BCUT2D eigenvalue weighted by atomic mass is 16.5. The molecule has 0 aliphatic rings. The molecule has 3 heterocycles. The predicted octanol–water partition coefficient (Wildman–Crippen LogP) is 4.94. The molecule has 3 aromatic heterocycles. The number of hydrogen-bond donors (Lipinski definition) is 0. The molecule has 0 saturated carbocycles. The van der Waals surface area contributed by atoms with Crippen LogP contribution in [0.2, 0.25) is 0 Å². The average molecular weight is 443 g/mol. The first-order chi connectivity index (χ1) is 15.5. The molecule has 0 fully saturated rings. The summed E-state index contributed by atoms with van der Waals surface area (Å²) in [5.74, 6) is 16.4. The van der Waals surface area contributed by atoms with Gasteiger partial charge in [0.05, 0.1) is 0 Å². The molecule has 6 heteroatoms. The van der Waals surface area contributed by atoms with Gasteiger partial charge >= 0.3 is 0 Å². The lowest BCUT2D eigenvalue weighted by Crippen LogP contribution is -2.16. The molecule has 0 unspecified atom stereocenters. The van der Waals surface area contributed by atoms with Gasteiger partial charge in [-0.2, -0.15) is 5.10 Å². The van der Waals surface area contributed by atoms with Crippen molar-refractivity contribution in [3.05, 3.63) is 52.5 Å². The molecule has 0 N–H and O–H groups in total. The molecule has 0 aliphatic heterocycles. The Morgan fingerprint density at radius 2 is 1.67 bits per heavy atom. The molecule has 170 valence electrons. The molecule has 0 amide bonds. The van der Waals surface area contributed by atoms with Crippen LogP contribution in [0.3, 0.4) is 0 Å². The number of hydrogen-bond acceptors (Lipinski definition) is 5. The molecule has 0 radical (unpaired) electrons. The Morgan fingerprint density at radius 1 is 1.00 bits per heavy atom. The van der Waals surface area contributed by atoms with E-state index >= 15 is 0 Å². The highest BCUT2D eigenvalue weighted by molar-refractivity contribution is 5.38. The van der Waals surface area contributed by atoms with Gasteiger partial charge in [0, 0.05) is 48.0 Å². The first-order valence-corrected chi connectivity index (χ1v) is 10.9. The van der Waals surface area contributed by atoms with Crippen LogP contribution in [0.25, 0.3) is 0 Å². The molecule has 3 aromatic rings. The lowest BCUT2D eigenvalue weighted by molar-refractivity contribution is 0.318. The van der Waals surface area contributed by atoms with Gasteiger partial charge in [-0.15, -0.1) is 6.42 Å². The van der Waals surface area contributed by atoms with Crippen molar-refractivity contribution in [3.8, 4) is 36.0 Å². The van der Waals surface area contributed by atoms with Gasteiger partial charge in [-0.3, -0.25) is 4.68 Å². The van der Waals surface area contributed by atoms with Crippen LogP contribution in [-0.2, 0) is 17.9 Å². The molecular formula is C27H30N4O2. The zero-order chi connectivity index (χ0) is 24.2. The van der Waals surface area contributed by atoms with E-state index in [1.807, 2.05) is 23.9 Å². The van der Waals surface area contributed by atoms with Crippen LogP contribution in [0.1, 0.15) is 94.4 Å². The average Bonchev–Trinajstić information content (AvgIpc) is 3.47. The molecule has 0 atom stereocenters. The molecule has 0 saturated heterocycles. The van der Waals surface area contributed by atoms with Crippen molar-refractivity contribution in [1.82, 2.24) is 20.1 Å². The van der Waals surface area contributed by atoms with E-state index in [4.69, 9.17) is 15.5 Å². The maximum atomic E-state index is 5.59. The van der Waals surface area contributed by atoms with Crippen LogP contribution in [-0.4, -0.2) is 20.1 Å². The highest BCUT2D eigenvalue weighted by Gasteiger charge is 2.26. The molecule has 33 heavy (non-hydrogen) atoms. The van der Waals surface area contributed by atoms with Crippen LogP contribution in [0.15, 0.2) is 27.4 Å². The first kappa shape index (κ1) is 24.0. The number of rotatable bonds is 5. The Hall–Kier alpha value is -3.69. The summed E-state index contributed by atoms with van der Waals surface area (Å²) in [5.41, 5.74) is 3.32. The molecule has 6 nitrogen and oxygen atoms in total. The van der Waals surface area contributed by atoms with Crippen molar-refractivity contribution in [2.45, 2.75) is 71.1 Å². The molecular weight excluding hydrogens is 412 g/mol. The molecule has 0 spiro atoms. The largest absolute Gasteiger partial charge is 0.363 e. The fraction of sp³-hybridized carbons (Fsp3) is 0.444. The molecule has 3 rings (SSSR count). The van der Waals surface area contributed by atoms with E-state index in [0.717, 1.165) is 17.0 Å². The van der Waals surface area contributed by atoms with E-state index < -0.39 is 0 Å². The van der Waals surface area contributed by atoms with Gasteiger partial charge in [-0.1, -0.05) is 63.7 Å². The minimum Gasteiger partial charge on any atom is -0.363 e. The van der Waals surface area contributed by atoms with Gasteiger partial charge in [0.15, 0.2) is 11.4 Å². The van der Waals surface area contributed by atoms with Crippen LogP contribution in [0, 0.1) is 36.0 Å². The molecule has 0 aliphatic carbocycles. The normalized spacial score (nSPS) is 11.5. The number of nitrogens with zero attached hydrogens (tertiary/aromatic N) is 4. The minimum absolute atomic E-state index is 0.295. The van der Waals surface area contributed by atoms with Crippen molar-refractivity contribution in [1.29, 1.82) is 0 Å². The third kappa shape index (κ3) is 5.57. The second-order valence-electron chi connectivity index (χ2n) is 9.76. The van der Waals surface area contributed by atoms with E-state index in [2.05, 4.69) is 86.6 Å². The van der Waals surface area contributed by atoms with Crippen LogP contribution in [0.4, 0.5) is 0 Å². The van der Waals surface area contributed by atoms with Gasteiger partial charge in [0.25, 0.3) is 0 Å². The maximum Gasteiger partial charge on any atom is 0.159 e. The summed E-state index contributed by atoms with van der Waals surface area (Å²) in [4.78, 5) is 0. The number of aryl methyl sites for hydroxylation is 1. The van der Waals surface area contributed by atoms with E-state index in [1.54, 1.807) is 6.26 Å². The van der Waals surface area contributed by atoms with Crippen molar-refractivity contribution in [2.75, 3.05) is 0 Å². The third-order valence-electron chi connectivity index (χ3n) is 5.61. The van der Waals surface area contributed by atoms with E-state index in [1.165, 1.54) is 5.69 Å². The van der Waals surface area contributed by atoms with E-state index in [-0.39, 0.29) is 10.8 Å². The van der Waals surface area contributed by atoms with Gasteiger partial charge in [-0.05, 0) is 29.7 Å². The second kappa shape index (κ2) is 9.43. The smallest absolute Gasteiger partial charge is 0.159 e. The van der Waals surface area contributed by atoms with Crippen molar-refractivity contribution in [3.63, 3.8) is 0 Å². The summed E-state index contributed by atoms with van der Waals surface area (Å²) in [6.07, 6.45) is 8.26. The fourth-order valence-electron chi connectivity index (χ4n) is 3.45. The van der Waals surface area contributed by atoms with Crippen molar-refractivity contribution >= 4 is 0 Å². The van der Waals surface area contributed by atoms with Crippen molar-refractivity contribution in [2.24, 2.45) is 7.05 Å². The van der Waals surface area contributed by atoms with Gasteiger partial charge < -0.3 is 9.05 Å². The number of aromatic nitrogens is 4. The zero-order valence-electron chi connectivity index (χ0n) is 20.4. The Balaban J connectivity index is 1.66. The highest BCUT2D eigenvalue weighted by Crippen LogP contribution is 2.29. The summed E-state index contributed by atoms with van der Waals surface area (Å²) in [6.45, 7) is 12.5. The lowest BCUT2D eigenvalue weighted by atomic mass is 9.82. The number of terminal acetylenes is 1. The second-order valence-corrected chi connectivity index (χ2v) is 9.76. The van der Waals surface area contributed by atoms with Crippen LogP contribution in [0.5, 0.6) is 0 Å². The minimum atomic E-state index is -0.307. The SMILES string of the molecule is C#Cc1nocc1C(C)(C)CC#Cc1cc(C(C)(C)CC#Cc2cc(C(C)C)n(C)n2)on1. The zero-order valence-corrected chi connectivity index (χ0v) is 20.4. The third-order valence-corrected chi connectivity index (χ3v) is 5.61. The molecule has 0 aromatic carbocycles. The summed E-state index contributed by atoms with van der Waals surface area (Å²) in [5, 5.41) is 12.5. The van der Waals surface area contributed by atoms with Crippen LogP contribution >= 0.6 is 0 Å². The summed E-state index contributed by atoms with van der Waals surface area (Å²) < 4.78 is 12.5. The van der Waals surface area contributed by atoms with Gasteiger partial charge in [0.2, 0.25) is 0 Å². The monoisotopic (exact) mass is 442 g/mol. The molecule has 0 bridgehead atoms. The van der Waals surface area contributed by atoms with Gasteiger partial charge in [-0.25, -0.2) is 0 Å². The standard InChI is InChI=1S/C27H30N4O2/c1-9-23-22(18-32-30-23)26(4,5)14-11-13-21-17-25(33-29-21)27(6,7)15-10-12-20-16-24(19(2)3)31(8)28-20/h1,16-19H,14-15H2,2-8H3. The summed E-state index contributed by atoms with van der Waals surface area (Å²) >= 11 is 0. The Labute approximate surface area is 196 Å². The topological polar surface area (TPSA) is 69.9 Å². The summed E-state index contributed by atoms with van der Waals surface area (Å²) in [6, 6.07) is 3.92. The van der Waals surface area contributed by atoms with Crippen molar-refractivity contribution < 1.29 is 9.05 Å². The van der Waals surface area contributed by atoms with Crippen LogP contribution < -0.4 is 0 Å². The maximum absolute atomic E-state index is 5.59. The Bertz CT molecular complexity index is 1290. The Kier molecular flexibility index (Phi) is 6.85. The van der Waals surface area contributed by atoms with E-state index in [0.29, 0.717) is 30.1 Å². The van der Waals surface area contributed by atoms with Gasteiger partial charge in [0.1, 0.15) is 17.7 Å². The Morgan fingerprint density at radius 3 is 2.30 bits per heavy atom. The quantitative estimate of drug-likeness (QED) is 0.524. The first-order valence-electron chi connectivity index (χ1n) is 10.9. The lowest BCUT2D eigenvalue weighted by Gasteiger charge is -2.19. The van der Waals surface area contributed by atoms with E-state index in [9.17, 15) is 0 Å². The predicted molar refractivity (Wildman–Crippen MR) is 127 cm³/mol.